The van der Waals surface area contributed by atoms with Crippen molar-refractivity contribution in [3.05, 3.63) is 24.0 Å². The number of nitrogens with zero attached hydrogens (tertiary/aromatic N) is 1. The first-order chi connectivity index (χ1) is 8.31. The second-order valence-electron chi connectivity index (χ2n) is 4.11. The van der Waals surface area contributed by atoms with Gasteiger partial charge in [0.25, 0.3) is 5.91 Å². The van der Waals surface area contributed by atoms with Crippen molar-refractivity contribution >= 4 is 23.4 Å². The molecule has 1 fully saturated rings. The Hall–Kier alpha value is -1.23. The third kappa shape index (κ3) is 3.12. The minimum Gasteiger partial charge on any atom is -0.387 e. The number of hydrogen-bond donors (Lipinski definition) is 2. The van der Waals surface area contributed by atoms with Gasteiger partial charge >= 0.3 is 0 Å². The summed E-state index contributed by atoms with van der Waals surface area (Å²) in [5.41, 5.74) is 1.43. The number of aromatic nitrogens is 1. The van der Waals surface area contributed by atoms with Gasteiger partial charge in [-0.25, -0.2) is 0 Å². The van der Waals surface area contributed by atoms with Crippen molar-refractivity contribution in [1.82, 2.24) is 10.3 Å². The number of nitrogens with one attached hydrogen (secondary N) is 2. The lowest BCUT2D eigenvalue weighted by Crippen LogP contribution is -2.29. The number of amides is 1. The van der Waals surface area contributed by atoms with Crippen molar-refractivity contribution in [2.75, 3.05) is 30.4 Å². The highest BCUT2D eigenvalue weighted by Crippen LogP contribution is 2.22. The molecule has 4 nitrogen and oxygen atoms in total. The van der Waals surface area contributed by atoms with Crippen molar-refractivity contribution in [1.29, 1.82) is 0 Å². The number of carbonyl (C=O) groups is 1. The van der Waals surface area contributed by atoms with Gasteiger partial charge in [0.15, 0.2) is 0 Å². The van der Waals surface area contributed by atoms with Gasteiger partial charge in [0.05, 0.1) is 5.56 Å². The molecule has 2 N–H and O–H groups in total. The van der Waals surface area contributed by atoms with E-state index in [1.165, 1.54) is 12.2 Å². The minimum absolute atomic E-state index is 0.0423. The number of hydrogen-bond acceptors (Lipinski definition) is 4. The average molecular weight is 251 g/mol. The van der Waals surface area contributed by atoms with Crippen molar-refractivity contribution in [2.24, 2.45) is 5.92 Å². The van der Waals surface area contributed by atoms with Gasteiger partial charge in [0.2, 0.25) is 0 Å². The molecule has 0 spiro atoms. The molecule has 1 aromatic rings. The fraction of sp³-hybridized carbons (Fsp3) is 0.500. The maximum Gasteiger partial charge on any atom is 0.254 e. The molecule has 5 heteroatoms. The van der Waals surface area contributed by atoms with Crippen LogP contribution in [0.5, 0.6) is 0 Å². The summed E-state index contributed by atoms with van der Waals surface area (Å²) in [6.07, 6.45) is 4.48. The second kappa shape index (κ2) is 5.91. The molecule has 0 aromatic carbocycles. The Morgan fingerprint density at radius 2 is 2.53 bits per heavy atom. The van der Waals surface area contributed by atoms with Crippen LogP contribution in [0.25, 0.3) is 0 Å². The Morgan fingerprint density at radius 1 is 1.65 bits per heavy atom. The van der Waals surface area contributed by atoms with Crippen molar-refractivity contribution in [3.63, 3.8) is 0 Å². The largest absolute Gasteiger partial charge is 0.387 e. The van der Waals surface area contributed by atoms with Crippen LogP contribution in [0.15, 0.2) is 18.5 Å². The quantitative estimate of drug-likeness (QED) is 0.853. The predicted octanol–water partition coefficient (Wildman–Crippen LogP) is 1.61. The van der Waals surface area contributed by atoms with Crippen LogP contribution in [0, 0.1) is 5.92 Å². The zero-order valence-corrected chi connectivity index (χ0v) is 10.7. The van der Waals surface area contributed by atoms with E-state index in [-0.39, 0.29) is 5.91 Å². The number of anilines is 1. The fourth-order valence-electron chi connectivity index (χ4n) is 1.87. The zero-order chi connectivity index (χ0) is 12.1. The van der Waals surface area contributed by atoms with Crippen LogP contribution in [0.1, 0.15) is 16.8 Å². The van der Waals surface area contributed by atoms with Crippen molar-refractivity contribution < 1.29 is 4.79 Å². The summed E-state index contributed by atoms with van der Waals surface area (Å²) in [4.78, 5) is 16.0. The maximum atomic E-state index is 12.0. The highest BCUT2D eigenvalue weighted by molar-refractivity contribution is 7.99. The molecule has 92 valence electrons. The van der Waals surface area contributed by atoms with Gasteiger partial charge in [-0.2, -0.15) is 11.8 Å². The molecule has 2 rings (SSSR count). The Labute approximate surface area is 106 Å². The predicted molar refractivity (Wildman–Crippen MR) is 71.5 cm³/mol. The number of carbonyl (C=O) groups excluding carboxylic acids is 1. The average Bonchev–Trinajstić information content (AvgIpc) is 2.89. The summed E-state index contributed by atoms with van der Waals surface area (Å²) in [5, 5.41) is 5.98. The molecular weight excluding hydrogens is 234 g/mol. The molecule has 1 aliphatic heterocycles. The molecule has 1 unspecified atom stereocenters. The summed E-state index contributed by atoms with van der Waals surface area (Å²) in [6, 6.07) is 1.81. The third-order valence-corrected chi connectivity index (χ3v) is 4.14. The summed E-state index contributed by atoms with van der Waals surface area (Å²) in [7, 11) is 1.81. The van der Waals surface area contributed by atoms with E-state index in [0.29, 0.717) is 11.5 Å². The minimum atomic E-state index is -0.0423. The molecule has 17 heavy (non-hydrogen) atoms. The number of thioether (sulfide) groups is 1. The fourth-order valence-corrected chi connectivity index (χ4v) is 3.15. The molecule has 1 atom stereocenters. The van der Waals surface area contributed by atoms with E-state index in [4.69, 9.17) is 0 Å². The van der Waals surface area contributed by atoms with Crippen LogP contribution in [-0.4, -0.2) is 36.0 Å². The molecule has 1 aliphatic rings. The van der Waals surface area contributed by atoms with E-state index >= 15 is 0 Å². The van der Waals surface area contributed by atoms with E-state index in [0.717, 1.165) is 18.0 Å². The van der Waals surface area contributed by atoms with Crippen molar-refractivity contribution in [3.8, 4) is 0 Å². The Balaban J connectivity index is 1.94. The van der Waals surface area contributed by atoms with Gasteiger partial charge in [-0.05, 0) is 29.9 Å². The summed E-state index contributed by atoms with van der Waals surface area (Å²) < 4.78 is 0. The molecule has 2 heterocycles. The molecular formula is C12H17N3OS. The normalized spacial score (nSPS) is 19.0. The molecule has 1 aromatic heterocycles. The van der Waals surface area contributed by atoms with Crippen LogP contribution < -0.4 is 10.6 Å². The lowest BCUT2D eigenvalue weighted by Gasteiger charge is -2.12. The number of rotatable bonds is 4. The smallest absolute Gasteiger partial charge is 0.254 e. The van der Waals surface area contributed by atoms with E-state index < -0.39 is 0 Å². The molecule has 0 saturated carbocycles. The standard InChI is InChI=1S/C12H17N3OS/c1-13-11-2-4-14-7-10(11)12(16)15-6-9-3-5-17-8-9/h2,4,7,9H,3,5-6,8H2,1H3,(H,13,14)(H,15,16). The lowest BCUT2D eigenvalue weighted by molar-refractivity contribution is 0.0949. The van der Waals surface area contributed by atoms with Gasteiger partial charge in [-0.1, -0.05) is 0 Å². The maximum absolute atomic E-state index is 12.0. The summed E-state index contributed by atoms with van der Waals surface area (Å²) in [6.45, 7) is 0.768. The second-order valence-corrected chi connectivity index (χ2v) is 5.26. The van der Waals surface area contributed by atoms with Gasteiger partial charge in [0.1, 0.15) is 0 Å². The Morgan fingerprint density at radius 3 is 3.24 bits per heavy atom. The monoisotopic (exact) mass is 251 g/mol. The summed E-state index contributed by atoms with van der Waals surface area (Å²) in [5.74, 6) is 2.96. The first-order valence-corrected chi connectivity index (χ1v) is 6.94. The number of pyridine rings is 1. The van der Waals surface area contributed by atoms with E-state index in [2.05, 4.69) is 15.6 Å². The van der Waals surface area contributed by atoms with E-state index in [9.17, 15) is 4.79 Å². The molecule has 1 saturated heterocycles. The van der Waals surface area contributed by atoms with Crippen LogP contribution >= 0.6 is 11.8 Å². The SMILES string of the molecule is CNc1ccncc1C(=O)NCC1CCSC1. The van der Waals surface area contributed by atoms with E-state index in [1.54, 1.807) is 25.5 Å². The highest BCUT2D eigenvalue weighted by atomic mass is 32.2. The Bertz CT molecular complexity index is 391. The lowest BCUT2D eigenvalue weighted by atomic mass is 10.1. The van der Waals surface area contributed by atoms with E-state index in [1.807, 2.05) is 11.8 Å². The van der Waals surface area contributed by atoms with Gasteiger partial charge < -0.3 is 10.6 Å². The molecule has 1 amide bonds. The molecule has 0 bridgehead atoms. The van der Waals surface area contributed by atoms with Crippen molar-refractivity contribution in [2.45, 2.75) is 6.42 Å². The molecule has 0 aliphatic carbocycles. The van der Waals surface area contributed by atoms with Crippen LogP contribution in [0.2, 0.25) is 0 Å². The topological polar surface area (TPSA) is 54.0 Å². The third-order valence-electron chi connectivity index (χ3n) is 2.91. The van der Waals surface area contributed by atoms with Crippen LogP contribution in [0.3, 0.4) is 0 Å². The van der Waals surface area contributed by atoms with Gasteiger partial charge in [-0.15, -0.1) is 0 Å². The highest BCUT2D eigenvalue weighted by Gasteiger charge is 2.17. The first kappa shape index (κ1) is 12.2. The van der Waals surface area contributed by atoms with Crippen LogP contribution in [-0.2, 0) is 0 Å². The van der Waals surface area contributed by atoms with Crippen LogP contribution in [0.4, 0.5) is 5.69 Å². The van der Waals surface area contributed by atoms with Gasteiger partial charge in [-0.3, -0.25) is 9.78 Å². The van der Waals surface area contributed by atoms with Gasteiger partial charge in [0, 0.05) is 31.7 Å². The molecule has 0 radical (unpaired) electrons. The first-order valence-electron chi connectivity index (χ1n) is 5.79. The Kier molecular flexibility index (Phi) is 4.25. The zero-order valence-electron chi connectivity index (χ0n) is 9.90. The summed E-state index contributed by atoms with van der Waals surface area (Å²) >= 11 is 1.96.